The maximum Gasteiger partial charge on any atom is 0.329 e. The molecule has 3 rings (SSSR count). The summed E-state index contributed by atoms with van der Waals surface area (Å²) in [7, 11) is -0.743. The summed E-state index contributed by atoms with van der Waals surface area (Å²) in [6.07, 6.45) is -0.950. The van der Waals surface area contributed by atoms with E-state index in [1.54, 1.807) is 10.6 Å². The van der Waals surface area contributed by atoms with E-state index in [0.717, 1.165) is 9.87 Å². The third kappa shape index (κ3) is 4.28. The summed E-state index contributed by atoms with van der Waals surface area (Å²) >= 11 is 0. The zero-order valence-corrected chi connectivity index (χ0v) is 18.4. The minimum absolute atomic E-state index is 0.00395. The van der Waals surface area contributed by atoms with Gasteiger partial charge in [-0.25, -0.2) is 17.5 Å². The van der Waals surface area contributed by atoms with E-state index >= 15 is 0 Å². The van der Waals surface area contributed by atoms with Crippen LogP contribution in [0, 0.1) is 6.92 Å². The molecule has 0 aliphatic rings. The molecule has 1 aromatic heterocycles. The molecule has 0 aliphatic carbocycles. The molecule has 0 fully saturated rings. The second kappa shape index (κ2) is 8.63. The van der Waals surface area contributed by atoms with Crippen molar-refractivity contribution in [2.75, 3.05) is 20.7 Å². The van der Waals surface area contributed by atoms with Crippen molar-refractivity contribution < 1.29 is 18.3 Å². The Kier molecular flexibility index (Phi) is 6.35. The normalized spacial score (nSPS) is 13.1. The highest BCUT2D eigenvalue weighted by Crippen LogP contribution is 2.21. The predicted molar refractivity (Wildman–Crippen MR) is 115 cm³/mol. The number of hydrogen-bond acceptors (Lipinski definition) is 5. The van der Waals surface area contributed by atoms with E-state index in [1.165, 1.54) is 30.8 Å². The van der Waals surface area contributed by atoms with Gasteiger partial charge < -0.3 is 9.84 Å². The fourth-order valence-corrected chi connectivity index (χ4v) is 4.17. The van der Waals surface area contributed by atoms with Crippen LogP contribution in [-0.2, 0) is 23.1 Å². The summed E-state index contributed by atoms with van der Waals surface area (Å²) in [5.41, 5.74) is 1.87. The topological polar surface area (TPSA) is 93.8 Å². The molecular formula is C21H27N3O5S. The number of sulfonamides is 1. The molecule has 3 aromatic rings. The molecule has 0 radical (unpaired) electrons. The minimum atomic E-state index is -3.65. The zero-order valence-electron chi connectivity index (χ0n) is 17.6. The number of aryl methyl sites for hydroxylation is 2. The number of aliphatic hydroxyl groups is 1. The Morgan fingerprint density at radius 3 is 2.33 bits per heavy atom. The van der Waals surface area contributed by atoms with Gasteiger partial charge in [-0.1, -0.05) is 17.7 Å². The van der Waals surface area contributed by atoms with Crippen molar-refractivity contribution in [2.24, 2.45) is 0 Å². The standard InChI is InChI=1S/C21H27N3O5S/c1-5-23-19-11-10-18(30(27,28)22(3)4)12-20(19)24(21(23)26)13-16(25)14-29-17-8-6-15(2)7-9-17/h6-12,16,25H,5,13-14H2,1-4H3. The molecule has 1 unspecified atom stereocenters. The molecular weight excluding hydrogens is 406 g/mol. The van der Waals surface area contributed by atoms with E-state index in [1.807, 2.05) is 38.1 Å². The van der Waals surface area contributed by atoms with E-state index in [-0.39, 0.29) is 23.7 Å². The molecule has 1 N–H and O–H groups in total. The van der Waals surface area contributed by atoms with Crippen LogP contribution in [0.4, 0.5) is 0 Å². The van der Waals surface area contributed by atoms with Crippen molar-refractivity contribution in [3.05, 3.63) is 58.5 Å². The Labute approximate surface area is 176 Å². The molecule has 0 amide bonds. The van der Waals surface area contributed by atoms with Gasteiger partial charge in [0.1, 0.15) is 18.5 Å². The number of fused-ring (bicyclic) bond motifs is 1. The van der Waals surface area contributed by atoms with Crippen molar-refractivity contribution in [2.45, 2.75) is 37.9 Å². The zero-order chi connectivity index (χ0) is 22.1. The summed E-state index contributed by atoms with van der Waals surface area (Å²) in [5.74, 6) is 0.627. The van der Waals surface area contributed by atoms with Gasteiger partial charge in [-0.15, -0.1) is 0 Å². The number of rotatable bonds is 8. The second-order valence-electron chi connectivity index (χ2n) is 7.35. The number of imidazole rings is 1. The molecule has 9 heteroatoms. The highest BCUT2D eigenvalue weighted by atomic mass is 32.2. The van der Waals surface area contributed by atoms with Crippen LogP contribution in [0.3, 0.4) is 0 Å². The van der Waals surface area contributed by atoms with Crippen molar-refractivity contribution in [3.63, 3.8) is 0 Å². The van der Waals surface area contributed by atoms with Gasteiger partial charge in [0.2, 0.25) is 10.0 Å². The lowest BCUT2D eigenvalue weighted by Gasteiger charge is -2.14. The van der Waals surface area contributed by atoms with Gasteiger partial charge in [0.25, 0.3) is 0 Å². The van der Waals surface area contributed by atoms with Crippen molar-refractivity contribution in [1.29, 1.82) is 0 Å². The van der Waals surface area contributed by atoms with Crippen LogP contribution < -0.4 is 10.4 Å². The number of benzene rings is 2. The first-order valence-corrected chi connectivity index (χ1v) is 11.1. The van der Waals surface area contributed by atoms with Crippen molar-refractivity contribution in [3.8, 4) is 5.75 Å². The van der Waals surface area contributed by atoms with Crippen LogP contribution >= 0.6 is 0 Å². The van der Waals surface area contributed by atoms with Gasteiger partial charge in [-0.3, -0.25) is 9.13 Å². The fourth-order valence-electron chi connectivity index (χ4n) is 3.24. The lowest BCUT2D eigenvalue weighted by atomic mass is 10.2. The van der Waals surface area contributed by atoms with E-state index in [4.69, 9.17) is 4.74 Å². The molecule has 0 spiro atoms. The molecule has 2 aromatic carbocycles. The number of aromatic nitrogens is 2. The maximum absolute atomic E-state index is 12.9. The summed E-state index contributed by atoms with van der Waals surface area (Å²) in [6.45, 7) is 4.23. The molecule has 0 saturated carbocycles. The predicted octanol–water partition coefficient (Wildman–Crippen LogP) is 1.82. The fraction of sp³-hybridized carbons (Fsp3) is 0.381. The van der Waals surface area contributed by atoms with Gasteiger partial charge >= 0.3 is 5.69 Å². The Morgan fingerprint density at radius 2 is 1.73 bits per heavy atom. The highest BCUT2D eigenvalue weighted by molar-refractivity contribution is 7.89. The van der Waals surface area contributed by atoms with Crippen LogP contribution in [0.1, 0.15) is 12.5 Å². The van der Waals surface area contributed by atoms with Crippen LogP contribution in [-0.4, -0.2) is 53.8 Å². The van der Waals surface area contributed by atoms with Crippen LogP contribution in [0.25, 0.3) is 11.0 Å². The van der Waals surface area contributed by atoms with Crippen LogP contribution in [0.5, 0.6) is 5.75 Å². The van der Waals surface area contributed by atoms with Gasteiger partial charge in [-0.2, -0.15) is 0 Å². The number of ether oxygens (including phenoxy) is 1. The summed E-state index contributed by atoms with van der Waals surface area (Å²) in [4.78, 5) is 13.0. The first kappa shape index (κ1) is 22.1. The van der Waals surface area contributed by atoms with Crippen molar-refractivity contribution in [1.82, 2.24) is 13.4 Å². The smallest absolute Gasteiger partial charge is 0.329 e. The van der Waals surface area contributed by atoms with Crippen molar-refractivity contribution >= 4 is 21.1 Å². The molecule has 30 heavy (non-hydrogen) atoms. The van der Waals surface area contributed by atoms with Gasteiger partial charge in [-0.05, 0) is 44.2 Å². The van der Waals surface area contributed by atoms with E-state index in [0.29, 0.717) is 23.3 Å². The molecule has 0 aliphatic heterocycles. The third-order valence-corrected chi connectivity index (χ3v) is 6.75. The first-order chi connectivity index (χ1) is 14.1. The average Bonchev–Trinajstić information content (AvgIpc) is 2.97. The number of nitrogens with zero attached hydrogens (tertiary/aromatic N) is 3. The quantitative estimate of drug-likeness (QED) is 0.585. The summed E-state index contributed by atoms with van der Waals surface area (Å²) < 4.78 is 34.7. The van der Waals surface area contributed by atoms with E-state index in [9.17, 15) is 18.3 Å². The molecule has 1 atom stereocenters. The largest absolute Gasteiger partial charge is 0.491 e. The monoisotopic (exact) mass is 433 g/mol. The first-order valence-electron chi connectivity index (χ1n) is 9.68. The lowest BCUT2D eigenvalue weighted by Crippen LogP contribution is -2.31. The molecule has 162 valence electrons. The lowest BCUT2D eigenvalue weighted by molar-refractivity contribution is 0.0924. The maximum atomic E-state index is 12.9. The molecule has 0 saturated heterocycles. The number of aliphatic hydroxyl groups excluding tert-OH is 1. The van der Waals surface area contributed by atoms with Crippen LogP contribution in [0.15, 0.2) is 52.2 Å². The van der Waals surface area contributed by atoms with E-state index < -0.39 is 16.1 Å². The second-order valence-corrected chi connectivity index (χ2v) is 9.51. The van der Waals surface area contributed by atoms with Gasteiger partial charge in [0.15, 0.2) is 0 Å². The highest BCUT2D eigenvalue weighted by Gasteiger charge is 2.21. The van der Waals surface area contributed by atoms with E-state index in [2.05, 4.69) is 0 Å². The SMILES string of the molecule is CCn1c(=O)n(CC(O)COc2ccc(C)cc2)c2cc(S(=O)(=O)N(C)C)ccc21. The molecule has 1 heterocycles. The summed E-state index contributed by atoms with van der Waals surface area (Å²) in [5, 5.41) is 10.5. The molecule has 0 bridgehead atoms. The number of hydrogen-bond donors (Lipinski definition) is 1. The van der Waals surface area contributed by atoms with Crippen LogP contribution in [0.2, 0.25) is 0 Å². The Morgan fingerprint density at radius 1 is 1.07 bits per heavy atom. The summed E-state index contributed by atoms with van der Waals surface area (Å²) in [6, 6.07) is 12.0. The average molecular weight is 434 g/mol. The third-order valence-electron chi connectivity index (χ3n) is 4.94. The Bertz CT molecular complexity index is 1190. The van der Waals surface area contributed by atoms with Gasteiger partial charge in [0, 0.05) is 20.6 Å². The Balaban J connectivity index is 1.92. The Hall–Kier alpha value is -2.62. The molecule has 8 nitrogen and oxygen atoms in total. The van der Waals surface area contributed by atoms with Gasteiger partial charge in [0.05, 0.1) is 22.5 Å². The minimum Gasteiger partial charge on any atom is -0.491 e.